The number of ether oxygens (including phenoxy) is 1. The van der Waals surface area contributed by atoms with Crippen molar-refractivity contribution in [2.45, 2.75) is 31.7 Å². The van der Waals surface area contributed by atoms with Crippen molar-refractivity contribution in [2.75, 3.05) is 26.7 Å². The lowest BCUT2D eigenvalue weighted by Gasteiger charge is -2.33. The number of carbonyl (C=O) groups excluding carboxylic acids is 3. The predicted molar refractivity (Wildman–Crippen MR) is 118 cm³/mol. The van der Waals surface area contributed by atoms with Crippen LogP contribution < -0.4 is 15.4 Å². The van der Waals surface area contributed by atoms with Crippen molar-refractivity contribution in [3.05, 3.63) is 65.7 Å². The highest BCUT2D eigenvalue weighted by Crippen LogP contribution is 2.26. The van der Waals surface area contributed by atoms with Gasteiger partial charge in [-0.1, -0.05) is 30.3 Å². The van der Waals surface area contributed by atoms with Gasteiger partial charge in [-0.3, -0.25) is 14.4 Å². The van der Waals surface area contributed by atoms with E-state index >= 15 is 0 Å². The molecule has 1 aliphatic rings. The van der Waals surface area contributed by atoms with E-state index in [-0.39, 0.29) is 36.7 Å². The topological polar surface area (TPSA) is 87.7 Å². The van der Waals surface area contributed by atoms with E-state index in [0.717, 1.165) is 24.8 Å². The molecule has 2 aromatic carbocycles. The Morgan fingerprint density at radius 1 is 1.06 bits per heavy atom. The van der Waals surface area contributed by atoms with Crippen LogP contribution in [-0.2, 0) is 9.59 Å². The van der Waals surface area contributed by atoms with Crippen molar-refractivity contribution >= 4 is 17.7 Å². The molecule has 164 valence electrons. The minimum Gasteiger partial charge on any atom is -0.497 e. The molecule has 0 aromatic heterocycles. The molecule has 0 saturated carbocycles. The minimum atomic E-state index is -0.371. The molecule has 1 atom stereocenters. The van der Waals surface area contributed by atoms with E-state index < -0.39 is 0 Å². The Kier molecular flexibility index (Phi) is 8.04. The smallest absolute Gasteiger partial charge is 0.251 e. The fourth-order valence-corrected chi connectivity index (χ4v) is 3.70. The third-order valence-corrected chi connectivity index (χ3v) is 5.41. The summed E-state index contributed by atoms with van der Waals surface area (Å²) in [5, 5.41) is 5.64. The van der Waals surface area contributed by atoms with Gasteiger partial charge < -0.3 is 20.3 Å². The zero-order valence-corrected chi connectivity index (χ0v) is 17.8. The van der Waals surface area contributed by atoms with E-state index in [1.54, 1.807) is 36.3 Å². The first kappa shape index (κ1) is 22.3. The van der Waals surface area contributed by atoms with Crippen molar-refractivity contribution in [3.8, 4) is 5.75 Å². The molecule has 7 nitrogen and oxygen atoms in total. The average Bonchev–Trinajstić information content (AvgIpc) is 2.81. The zero-order valence-electron chi connectivity index (χ0n) is 17.8. The Bertz CT molecular complexity index is 883. The molecular formula is C24H29N3O4. The number of carbonyl (C=O) groups is 3. The molecule has 2 aromatic rings. The van der Waals surface area contributed by atoms with Crippen LogP contribution in [0.4, 0.5) is 0 Å². The maximum atomic E-state index is 13.1. The SMILES string of the molecule is COc1ccc(C(=O)NCC(=O)N2CCCCCNC(=O)CC2c2ccccc2)cc1. The number of benzene rings is 2. The first-order valence-corrected chi connectivity index (χ1v) is 10.6. The monoisotopic (exact) mass is 423 g/mol. The summed E-state index contributed by atoms with van der Waals surface area (Å²) >= 11 is 0. The standard InChI is InChI=1S/C24H29N3O4/c1-31-20-12-10-19(11-13-20)24(30)26-17-23(29)27-15-7-3-6-14-25-22(28)16-21(27)18-8-4-2-5-9-18/h2,4-5,8-13,21H,3,6-7,14-17H2,1H3,(H,25,28)(H,26,30). The van der Waals surface area contributed by atoms with E-state index in [4.69, 9.17) is 4.74 Å². The molecule has 1 heterocycles. The summed E-state index contributed by atoms with van der Waals surface area (Å²) in [6, 6.07) is 15.9. The first-order chi connectivity index (χ1) is 15.1. The second-order valence-corrected chi connectivity index (χ2v) is 7.54. The number of nitrogens with zero attached hydrogens (tertiary/aromatic N) is 1. The van der Waals surface area contributed by atoms with Gasteiger partial charge >= 0.3 is 0 Å². The van der Waals surface area contributed by atoms with Crippen LogP contribution in [-0.4, -0.2) is 49.4 Å². The van der Waals surface area contributed by atoms with Crippen LogP contribution in [0.15, 0.2) is 54.6 Å². The Morgan fingerprint density at radius 3 is 2.52 bits per heavy atom. The summed E-state index contributed by atoms with van der Waals surface area (Å²) < 4.78 is 5.10. The number of hydrogen-bond donors (Lipinski definition) is 2. The van der Waals surface area contributed by atoms with E-state index in [1.165, 1.54) is 0 Å². The van der Waals surface area contributed by atoms with Gasteiger partial charge in [0.1, 0.15) is 5.75 Å². The Morgan fingerprint density at radius 2 is 1.81 bits per heavy atom. The Labute approximate surface area is 182 Å². The molecule has 1 aliphatic heterocycles. The third-order valence-electron chi connectivity index (χ3n) is 5.41. The highest BCUT2D eigenvalue weighted by Gasteiger charge is 2.28. The van der Waals surface area contributed by atoms with Gasteiger partial charge in [0.05, 0.1) is 26.1 Å². The Balaban J connectivity index is 1.73. The molecule has 2 N–H and O–H groups in total. The zero-order chi connectivity index (χ0) is 22.1. The molecular weight excluding hydrogens is 394 g/mol. The van der Waals surface area contributed by atoms with Crippen LogP contribution in [0.3, 0.4) is 0 Å². The van der Waals surface area contributed by atoms with Gasteiger partial charge in [0.25, 0.3) is 5.91 Å². The van der Waals surface area contributed by atoms with Gasteiger partial charge in [0, 0.05) is 18.7 Å². The number of amides is 3. The second-order valence-electron chi connectivity index (χ2n) is 7.54. The van der Waals surface area contributed by atoms with Crippen molar-refractivity contribution in [1.82, 2.24) is 15.5 Å². The molecule has 3 rings (SSSR count). The molecule has 1 unspecified atom stereocenters. The van der Waals surface area contributed by atoms with Crippen LogP contribution in [0.1, 0.15) is 47.6 Å². The number of methoxy groups -OCH3 is 1. The highest BCUT2D eigenvalue weighted by atomic mass is 16.5. The van der Waals surface area contributed by atoms with E-state index in [0.29, 0.717) is 24.4 Å². The molecule has 1 saturated heterocycles. The normalized spacial score (nSPS) is 17.4. The molecule has 0 radical (unpaired) electrons. The maximum Gasteiger partial charge on any atom is 0.251 e. The lowest BCUT2D eigenvalue weighted by atomic mass is 10.00. The summed E-state index contributed by atoms with van der Waals surface area (Å²) in [6.45, 7) is 1.08. The summed E-state index contributed by atoms with van der Waals surface area (Å²) in [6.07, 6.45) is 2.85. The molecule has 0 aliphatic carbocycles. The summed E-state index contributed by atoms with van der Waals surface area (Å²) in [5.74, 6) is 0.0511. The Hall–Kier alpha value is -3.35. The number of hydrogen-bond acceptors (Lipinski definition) is 4. The van der Waals surface area contributed by atoms with Gasteiger partial charge in [0.15, 0.2) is 0 Å². The van der Waals surface area contributed by atoms with E-state index in [1.807, 2.05) is 30.3 Å². The van der Waals surface area contributed by atoms with Gasteiger partial charge in [-0.15, -0.1) is 0 Å². The second kappa shape index (κ2) is 11.2. The molecule has 3 amide bonds. The van der Waals surface area contributed by atoms with Gasteiger partial charge in [0.2, 0.25) is 11.8 Å². The van der Waals surface area contributed by atoms with E-state index in [2.05, 4.69) is 10.6 Å². The van der Waals surface area contributed by atoms with Crippen molar-refractivity contribution in [2.24, 2.45) is 0 Å². The van der Waals surface area contributed by atoms with Crippen molar-refractivity contribution in [3.63, 3.8) is 0 Å². The molecule has 1 fully saturated rings. The summed E-state index contributed by atoms with van der Waals surface area (Å²) in [4.78, 5) is 39.8. The maximum absolute atomic E-state index is 13.1. The fraction of sp³-hybridized carbons (Fsp3) is 0.375. The van der Waals surface area contributed by atoms with E-state index in [9.17, 15) is 14.4 Å². The van der Waals surface area contributed by atoms with Crippen LogP contribution in [0.5, 0.6) is 5.75 Å². The van der Waals surface area contributed by atoms with Crippen LogP contribution in [0.2, 0.25) is 0 Å². The summed E-state index contributed by atoms with van der Waals surface area (Å²) in [5.41, 5.74) is 1.36. The number of rotatable bonds is 5. The lowest BCUT2D eigenvalue weighted by molar-refractivity contribution is -0.134. The first-order valence-electron chi connectivity index (χ1n) is 10.6. The van der Waals surface area contributed by atoms with Crippen LogP contribution >= 0.6 is 0 Å². The predicted octanol–water partition coefficient (Wildman–Crippen LogP) is 2.69. The van der Waals surface area contributed by atoms with Gasteiger partial charge in [-0.2, -0.15) is 0 Å². The minimum absolute atomic E-state index is 0.0733. The van der Waals surface area contributed by atoms with Crippen molar-refractivity contribution < 1.29 is 19.1 Å². The van der Waals surface area contributed by atoms with Crippen LogP contribution in [0.25, 0.3) is 0 Å². The van der Waals surface area contributed by atoms with Gasteiger partial charge in [-0.25, -0.2) is 0 Å². The number of nitrogens with one attached hydrogen (secondary N) is 2. The molecule has 0 bridgehead atoms. The van der Waals surface area contributed by atoms with Crippen LogP contribution in [0, 0.1) is 0 Å². The fourth-order valence-electron chi connectivity index (χ4n) is 3.70. The highest BCUT2D eigenvalue weighted by molar-refractivity contribution is 5.96. The molecule has 0 spiro atoms. The van der Waals surface area contributed by atoms with Crippen molar-refractivity contribution in [1.29, 1.82) is 0 Å². The van der Waals surface area contributed by atoms with Gasteiger partial charge in [-0.05, 0) is 49.1 Å². The average molecular weight is 424 g/mol. The molecule has 31 heavy (non-hydrogen) atoms. The largest absolute Gasteiger partial charge is 0.497 e. The molecule has 7 heteroatoms. The quantitative estimate of drug-likeness (QED) is 0.774. The third kappa shape index (κ3) is 6.31. The summed E-state index contributed by atoms with van der Waals surface area (Å²) in [7, 11) is 1.56. The lowest BCUT2D eigenvalue weighted by Crippen LogP contribution is -2.44.